The standard InChI is InChI=1S/C16H22N4O4S/c1-10-8-15(18-13(4)17-10)23-14-6-5-7-20(9-14)25(21,22)16-11(2)19-24-12(16)3/h8,14H,5-7,9H2,1-4H3. The first-order valence-electron chi connectivity index (χ1n) is 8.19. The molecule has 2 aromatic heterocycles. The SMILES string of the molecule is Cc1cc(OC2CCCN(S(=O)(=O)c3c(C)noc3C)C2)nc(C)n1. The van der Waals surface area contributed by atoms with Gasteiger partial charge in [-0.25, -0.2) is 13.4 Å². The van der Waals surface area contributed by atoms with Crippen molar-refractivity contribution in [1.82, 2.24) is 19.4 Å². The quantitative estimate of drug-likeness (QED) is 0.815. The average molecular weight is 366 g/mol. The van der Waals surface area contributed by atoms with E-state index in [-0.39, 0.29) is 17.5 Å². The molecule has 0 amide bonds. The van der Waals surface area contributed by atoms with Crippen molar-refractivity contribution in [2.75, 3.05) is 13.1 Å². The highest BCUT2D eigenvalue weighted by Gasteiger charge is 2.35. The van der Waals surface area contributed by atoms with Crippen LogP contribution in [0.3, 0.4) is 0 Å². The monoisotopic (exact) mass is 366 g/mol. The van der Waals surface area contributed by atoms with Crippen molar-refractivity contribution in [3.8, 4) is 5.88 Å². The van der Waals surface area contributed by atoms with Crippen LogP contribution >= 0.6 is 0 Å². The number of nitrogens with zero attached hydrogens (tertiary/aromatic N) is 4. The second kappa shape index (κ2) is 6.72. The van der Waals surface area contributed by atoms with Crippen molar-refractivity contribution < 1.29 is 17.7 Å². The molecule has 1 aliphatic heterocycles. The third-order valence-corrected chi connectivity index (χ3v) is 6.25. The number of piperidine rings is 1. The smallest absolute Gasteiger partial charge is 0.248 e. The number of sulfonamides is 1. The molecule has 136 valence electrons. The Morgan fingerprint density at radius 1 is 1.24 bits per heavy atom. The van der Waals surface area contributed by atoms with E-state index < -0.39 is 10.0 Å². The highest BCUT2D eigenvalue weighted by atomic mass is 32.2. The Kier molecular flexibility index (Phi) is 4.79. The maximum absolute atomic E-state index is 12.9. The summed E-state index contributed by atoms with van der Waals surface area (Å²) in [6, 6.07) is 1.76. The molecule has 25 heavy (non-hydrogen) atoms. The summed E-state index contributed by atoms with van der Waals surface area (Å²) in [6.45, 7) is 7.64. The van der Waals surface area contributed by atoms with Crippen LogP contribution in [0.2, 0.25) is 0 Å². The van der Waals surface area contributed by atoms with Crippen LogP contribution in [0.5, 0.6) is 5.88 Å². The van der Waals surface area contributed by atoms with E-state index >= 15 is 0 Å². The first-order chi connectivity index (χ1) is 11.8. The van der Waals surface area contributed by atoms with Crippen LogP contribution < -0.4 is 4.74 Å². The summed E-state index contributed by atoms with van der Waals surface area (Å²) in [7, 11) is -3.66. The number of hydrogen-bond donors (Lipinski definition) is 0. The minimum Gasteiger partial charge on any atom is -0.473 e. The zero-order valence-corrected chi connectivity index (χ0v) is 15.6. The molecule has 0 aromatic carbocycles. The van der Waals surface area contributed by atoms with Gasteiger partial charge in [-0.05, 0) is 40.5 Å². The fourth-order valence-electron chi connectivity index (χ4n) is 3.11. The second-order valence-electron chi connectivity index (χ2n) is 6.29. The fraction of sp³-hybridized carbons (Fsp3) is 0.562. The van der Waals surface area contributed by atoms with Gasteiger partial charge in [0.2, 0.25) is 15.9 Å². The van der Waals surface area contributed by atoms with Crippen molar-refractivity contribution in [2.45, 2.75) is 51.5 Å². The van der Waals surface area contributed by atoms with Crippen molar-refractivity contribution in [3.63, 3.8) is 0 Å². The van der Waals surface area contributed by atoms with Gasteiger partial charge in [-0.1, -0.05) is 5.16 Å². The summed E-state index contributed by atoms with van der Waals surface area (Å²) < 4.78 is 38.3. The van der Waals surface area contributed by atoms with Crippen LogP contribution in [-0.2, 0) is 10.0 Å². The Labute approximate surface area is 147 Å². The van der Waals surface area contributed by atoms with Gasteiger partial charge in [-0.3, -0.25) is 0 Å². The summed E-state index contributed by atoms with van der Waals surface area (Å²) in [5, 5.41) is 3.75. The van der Waals surface area contributed by atoms with Gasteiger partial charge >= 0.3 is 0 Å². The zero-order valence-electron chi connectivity index (χ0n) is 14.8. The van der Waals surface area contributed by atoms with E-state index in [0.717, 1.165) is 18.5 Å². The average Bonchev–Trinajstić information content (AvgIpc) is 2.86. The third-order valence-electron chi connectivity index (χ3n) is 4.14. The summed E-state index contributed by atoms with van der Waals surface area (Å²) in [4.78, 5) is 8.64. The molecule has 9 heteroatoms. The van der Waals surface area contributed by atoms with E-state index in [1.807, 2.05) is 6.92 Å². The van der Waals surface area contributed by atoms with E-state index in [9.17, 15) is 8.42 Å². The Morgan fingerprint density at radius 2 is 2.00 bits per heavy atom. The van der Waals surface area contributed by atoms with Gasteiger partial charge in [0.15, 0.2) is 5.76 Å². The van der Waals surface area contributed by atoms with Crippen molar-refractivity contribution in [3.05, 3.63) is 29.0 Å². The first-order valence-corrected chi connectivity index (χ1v) is 9.63. The van der Waals surface area contributed by atoms with Crippen LogP contribution in [-0.4, -0.2) is 47.0 Å². The van der Waals surface area contributed by atoms with Gasteiger partial charge in [0, 0.05) is 18.3 Å². The lowest BCUT2D eigenvalue weighted by Crippen LogP contribution is -2.44. The molecular weight excluding hydrogens is 344 g/mol. The predicted octanol–water partition coefficient (Wildman–Crippen LogP) is 1.93. The molecule has 0 radical (unpaired) electrons. The summed E-state index contributed by atoms with van der Waals surface area (Å²) in [6.07, 6.45) is 1.24. The first kappa shape index (κ1) is 17.8. The molecule has 1 saturated heterocycles. The number of rotatable bonds is 4. The molecule has 0 N–H and O–H groups in total. The fourth-order valence-corrected chi connectivity index (χ4v) is 4.91. The molecule has 3 heterocycles. The largest absolute Gasteiger partial charge is 0.473 e. The highest BCUT2D eigenvalue weighted by molar-refractivity contribution is 7.89. The Bertz CT molecular complexity index is 839. The van der Waals surface area contributed by atoms with Gasteiger partial charge in [0.1, 0.15) is 22.5 Å². The molecule has 1 aliphatic rings. The lowest BCUT2D eigenvalue weighted by molar-refractivity contribution is 0.124. The molecule has 1 atom stereocenters. The van der Waals surface area contributed by atoms with Gasteiger partial charge in [-0.15, -0.1) is 0 Å². The van der Waals surface area contributed by atoms with Gasteiger partial charge in [0.25, 0.3) is 0 Å². The van der Waals surface area contributed by atoms with E-state index in [1.54, 1.807) is 26.8 Å². The molecule has 0 spiro atoms. The minimum absolute atomic E-state index is 0.155. The Hall–Kier alpha value is -2.00. The van der Waals surface area contributed by atoms with Crippen LogP contribution in [0.4, 0.5) is 0 Å². The normalized spacial score (nSPS) is 19.1. The van der Waals surface area contributed by atoms with E-state index in [2.05, 4.69) is 15.1 Å². The topological polar surface area (TPSA) is 98.4 Å². The molecule has 0 bridgehead atoms. The van der Waals surface area contributed by atoms with Crippen LogP contribution in [0.25, 0.3) is 0 Å². The molecule has 8 nitrogen and oxygen atoms in total. The van der Waals surface area contributed by atoms with Gasteiger partial charge < -0.3 is 9.26 Å². The van der Waals surface area contributed by atoms with Gasteiger partial charge in [0.05, 0.1) is 6.54 Å². The van der Waals surface area contributed by atoms with Crippen molar-refractivity contribution in [2.24, 2.45) is 0 Å². The number of ether oxygens (including phenoxy) is 1. The highest BCUT2D eigenvalue weighted by Crippen LogP contribution is 2.27. The molecule has 1 unspecified atom stereocenters. The summed E-state index contributed by atoms with van der Waals surface area (Å²) >= 11 is 0. The minimum atomic E-state index is -3.66. The van der Waals surface area contributed by atoms with Crippen LogP contribution in [0.15, 0.2) is 15.5 Å². The van der Waals surface area contributed by atoms with Crippen molar-refractivity contribution >= 4 is 10.0 Å². The number of aromatic nitrogens is 3. The molecule has 0 saturated carbocycles. The van der Waals surface area contributed by atoms with E-state index in [4.69, 9.17) is 9.26 Å². The van der Waals surface area contributed by atoms with Crippen molar-refractivity contribution in [1.29, 1.82) is 0 Å². The molecule has 1 fully saturated rings. The Morgan fingerprint density at radius 3 is 2.64 bits per heavy atom. The predicted molar refractivity (Wildman–Crippen MR) is 89.9 cm³/mol. The lowest BCUT2D eigenvalue weighted by Gasteiger charge is -2.31. The second-order valence-corrected chi connectivity index (χ2v) is 8.17. The van der Waals surface area contributed by atoms with Crippen LogP contribution in [0.1, 0.15) is 35.8 Å². The van der Waals surface area contributed by atoms with E-state index in [0.29, 0.717) is 29.7 Å². The van der Waals surface area contributed by atoms with Gasteiger partial charge in [-0.2, -0.15) is 9.29 Å². The third kappa shape index (κ3) is 3.67. The Balaban J connectivity index is 1.79. The molecule has 2 aromatic rings. The summed E-state index contributed by atoms with van der Waals surface area (Å²) in [5.74, 6) is 1.42. The maximum atomic E-state index is 12.9. The number of hydrogen-bond acceptors (Lipinski definition) is 7. The molecular formula is C16H22N4O4S. The number of aryl methyl sites for hydroxylation is 4. The maximum Gasteiger partial charge on any atom is 0.248 e. The zero-order chi connectivity index (χ0) is 18.2. The van der Waals surface area contributed by atoms with Crippen LogP contribution in [0, 0.1) is 27.7 Å². The van der Waals surface area contributed by atoms with E-state index in [1.165, 1.54) is 4.31 Å². The lowest BCUT2D eigenvalue weighted by atomic mass is 10.1. The molecule has 3 rings (SSSR count). The molecule has 0 aliphatic carbocycles. The summed E-state index contributed by atoms with van der Waals surface area (Å²) in [5.41, 5.74) is 1.20.